The molecule has 1 saturated carbocycles. The van der Waals surface area contributed by atoms with E-state index in [2.05, 4.69) is 5.32 Å². The summed E-state index contributed by atoms with van der Waals surface area (Å²) in [5, 5.41) is 3.56. The van der Waals surface area contributed by atoms with E-state index in [1.165, 1.54) is 38.6 Å². The molecular formula is C8H15N. The van der Waals surface area contributed by atoms with Gasteiger partial charge in [-0.05, 0) is 38.1 Å². The molecule has 0 aromatic heterocycles. The van der Waals surface area contributed by atoms with Gasteiger partial charge in [-0.1, -0.05) is 6.42 Å². The van der Waals surface area contributed by atoms with Gasteiger partial charge in [-0.2, -0.15) is 0 Å². The zero-order valence-electron chi connectivity index (χ0n) is 5.90. The van der Waals surface area contributed by atoms with Gasteiger partial charge in [-0.3, -0.25) is 0 Å². The van der Waals surface area contributed by atoms with Crippen LogP contribution in [0.3, 0.4) is 0 Å². The smallest absolute Gasteiger partial charge is 0.00957 e. The molecule has 0 aromatic carbocycles. The largest absolute Gasteiger partial charge is 0.314 e. The van der Waals surface area contributed by atoms with Crippen molar-refractivity contribution in [3.63, 3.8) is 0 Å². The first kappa shape index (κ1) is 5.72. The van der Waals surface area contributed by atoms with Crippen LogP contribution >= 0.6 is 0 Å². The van der Waals surface area contributed by atoms with Gasteiger partial charge >= 0.3 is 0 Å². The Morgan fingerprint density at radius 1 is 1.00 bits per heavy atom. The minimum absolute atomic E-state index is 0.916. The van der Waals surface area contributed by atoms with Gasteiger partial charge in [0.2, 0.25) is 0 Å². The Morgan fingerprint density at radius 2 is 1.89 bits per heavy atom. The second kappa shape index (κ2) is 2.30. The summed E-state index contributed by atoms with van der Waals surface area (Å²) in [5.41, 5.74) is 0. The molecule has 1 atom stereocenters. The molecule has 0 amide bonds. The first-order valence-electron chi connectivity index (χ1n) is 4.20. The van der Waals surface area contributed by atoms with Crippen LogP contribution in [0.1, 0.15) is 32.1 Å². The van der Waals surface area contributed by atoms with E-state index >= 15 is 0 Å². The van der Waals surface area contributed by atoms with Crippen molar-refractivity contribution in [2.45, 2.75) is 38.1 Å². The third kappa shape index (κ3) is 0.983. The van der Waals surface area contributed by atoms with E-state index in [1.807, 2.05) is 0 Å². The fourth-order valence-corrected chi connectivity index (χ4v) is 1.96. The summed E-state index contributed by atoms with van der Waals surface area (Å²) < 4.78 is 0. The maximum Gasteiger partial charge on any atom is 0.00957 e. The van der Waals surface area contributed by atoms with Gasteiger partial charge in [0, 0.05) is 6.04 Å². The van der Waals surface area contributed by atoms with E-state index in [0.717, 1.165) is 12.0 Å². The van der Waals surface area contributed by atoms with E-state index in [0.29, 0.717) is 0 Å². The van der Waals surface area contributed by atoms with Crippen LogP contribution < -0.4 is 5.32 Å². The van der Waals surface area contributed by atoms with Crippen molar-refractivity contribution in [2.75, 3.05) is 6.54 Å². The molecule has 1 N–H and O–H groups in total. The predicted molar refractivity (Wildman–Crippen MR) is 38.4 cm³/mol. The second-order valence-corrected chi connectivity index (χ2v) is 3.39. The van der Waals surface area contributed by atoms with Gasteiger partial charge in [-0.25, -0.2) is 0 Å². The van der Waals surface area contributed by atoms with E-state index in [1.54, 1.807) is 0 Å². The van der Waals surface area contributed by atoms with E-state index in [-0.39, 0.29) is 0 Å². The minimum Gasteiger partial charge on any atom is -0.314 e. The van der Waals surface area contributed by atoms with Crippen LogP contribution in [-0.4, -0.2) is 12.6 Å². The van der Waals surface area contributed by atoms with Crippen molar-refractivity contribution in [1.82, 2.24) is 5.32 Å². The lowest BCUT2D eigenvalue weighted by molar-refractivity contribution is 0.245. The molecule has 1 unspecified atom stereocenters. The molecule has 0 spiro atoms. The maximum absolute atomic E-state index is 3.56. The van der Waals surface area contributed by atoms with E-state index < -0.39 is 0 Å². The zero-order valence-corrected chi connectivity index (χ0v) is 5.90. The van der Waals surface area contributed by atoms with Gasteiger partial charge < -0.3 is 5.32 Å². The molecule has 9 heavy (non-hydrogen) atoms. The van der Waals surface area contributed by atoms with Crippen LogP contribution in [0, 0.1) is 5.92 Å². The predicted octanol–water partition coefficient (Wildman–Crippen LogP) is 1.54. The molecule has 1 heteroatoms. The lowest BCUT2D eigenvalue weighted by Gasteiger charge is -2.31. The van der Waals surface area contributed by atoms with E-state index in [9.17, 15) is 0 Å². The normalized spacial score (nSPS) is 36.7. The van der Waals surface area contributed by atoms with Gasteiger partial charge in [-0.15, -0.1) is 0 Å². The Bertz CT molecular complexity index is 90.7. The second-order valence-electron chi connectivity index (χ2n) is 3.39. The van der Waals surface area contributed by atoms with Crippen molar-refractivity contribution in [3.8, 4) is 0 Å². The molecule has 2 fully saturated rings. The minimum atomic E-state index is 0.916. The third-order valence-electron chi connectivity index (χ3n) is 2.82. The lowest BCUT2D eigenvalue weighted by Crippen LogP contribution is -2.34. The molecule has 52 valence electrons. The number of hydrogen-bond donors (Lipinski definition) is 1. The summed E-state index contributed by atoms with van der Waals surface area (Å²) in [6.07, 6.45) is 7.35. The standard InChI is InChI=1S/C8H15N/c1-3-7(4-1)8-5-2-6-9-8/h7-9H,1-6H2. The highest BCUT2D eigenvalue weighted by atomic mass is 14.9. The first-order valence-corrected chi connectivity index (χ1v) is 4.20. The van der Waals surface area contributed by atoms with Crippen LogP contribution in [0.5, 0.6) is 0 Å². The maximum atomic E-state index is 3.56. The van der Waals surface area contributed by atoms with E-state index in [4.69, 9.17) is 0 Å². The summed E-state index contributed by atoms with van der Waals surface area (Å²) in [7, 11) is 0. The van der Waals surface area contributed by atoms with Crippen molar-refractivity contribution < 1.29 is 0 Å². The van der Waals surface area contributed by atoms with Crippen LogP contribution in [0.2, 0.25) is 0 Å². The molecular weight excluding hydrogens is 110 g/mol. The van der Waals surface area contributed by atoms with Crippen molar-refractivity contribution in [3.05, 3.63) is 0 Å². The van der Waals surface area contributed by atoms with Crippen LogP contribution in [0.4, 0.5) is 0 Å². The molecule has 0 aromatic rings. The summed E-state index contributed by atoms with van der Waals surface area (Å²) in [6, 6.07) is 0.916. The molecule has 1 aliphatic heterocycles. The summed E-state index contributed by atoms with van der Waals surface area (Å²) in [4.78, 5) is 0. The third-order valence-corrected chi connectivity index (χ3v) is 2.82. The van der Waals surface area contributed by atoms with Gasteiger partial charge in [0.1, 0.15) is 0 Å². The quantitative estimate of drug-likeness (QED) is 0.560. The van der Waals surface area contributed by atoms with Gasteiger partial charge in [0.15, 0.2) is 0 Å². The summed E-state index contributed by atoms with van der Waals surface area (Å²) in [6.45, 7) is 1.28. The molecule has 1 heterocycles. The molecule has 1 aliphatic carbocycles. The number of rotatable bonds is 1. The average Bonchev–Trinajstić information content (AvgIpc) is 2.11. The van der Waals surface area contributed by atoms with Crippen LogP contribution in [0.15, 0.2) is 0 Å². The molecule has 1 nitrogen and oxygen atoms in total. The fraction of sp³-hybridized carbons (Fsp3) is 1.00. The van der Waals surface area contributed by atoms with Crippen LogP contribution in [0.25, 0.3) is 0 Å². The van der Waals surface area contributed by atoms with Crippen LogP contribution in [-0.2, 0) is 0 Å². The average molecular weight is 125 g/mol. The number of nitrogens with one attached hydrogen (secondary N) is 1. The SMILES string of the molecule is C1CC(C2CCCN2)C1. The Balaban J connectivity index is 1.82. The monoisotopic (exact) mass is 125 g/mol. The molecule has 1 saturated heterocycles. The van der Waals surface area contributed by atoms with Gasteiger partial charge in [0.25, 0.3) is 0 Å². The molecule has 2 rings (SSSR count). The highest BCUT2D eigenvalue weighted by Gasteiger charge is 2.28. The Labute approximate surface area is 56.8 Å². The Hall–Kier alpha value is -0.0400. The Morgan fingerprint density at radius 3 is 2.33 bits per heavy atom. The van der Waals surface area contributed by atoms with Crippen molar-refractivity contribution in [2.24, 2.45) is 5.92 Å². The molecule has 2 aliphatic rings. The fourth-order valence-electron chi connectivity index (χ4n) is 1.96. The zero-order chi connectivity index (χ0) is 6.10. The number of hydrogen-bond acceptors (Lipinski definition) is 1. The Kier molecular flexibility index (Phi) is 1.46. The summed E-state index contributed by atoms with van der Waals surface area (Å²) in [5.74, 6) is 1.06. The van der Waals surface area contributed by atoms with Gasteiger partial charge in [0.05, 0.1) is 0 Å². The topological polar surface area (TPSA) is 12.0 Å². The highest BCUT2D eigenvalue weighted by molar-refractivity contribution is 4.85. The molecule has 0 bridgehead atoms. The highest BCUT2D eigenvalue weighted by Crippen LogP contribution is 2.32. The molecule has 0 radical (unpaired) electrons. The van der Waals surface area contributed by atoms with Crippen molar-refractivity contribution >= 4 is 0 Å². The lowest BCUT2D eigenvalue weighted by atomic mass is 9.79. The first-order chi connectivity index (χ1) is 4.47. The summed E-state index contributed by atoms with van der Waals surface area (Å²) >= 11 is 0. The van der Waals surface area contributed by atoms with Crippen molar-refractivity contribution in [1.29, 1.82) is 0 Å².